The molecule has 18 aromatic rings. The third-order valence-electron chi connectivity index (χ3n) is 26.9. The van der Waals surface area contributed by atoms with Crippen molar-refractivity contribution < 1.29 is 14.2 Å². The minimum atomic E-state index is 0.838. The highest BCUT2D eigenvalue weighted by molar-refractivity contribution is 5.89. The number of para-hydroxylation sites is 2. The zero-order valence-corrected chi connectivity index (χ0v) is 90.8. The van der Waals surface area contributed by atoms with Crippen molar-refractivity contribution in [1.82, 2.24) is 54.8 Å². The van der Waals surface area contributed by atoms with E-state index in [1.54, 1.807) is 0 Å². The Hall–Kier alpha value is -11.9. The van der Waals surface area contributed by atoms with E-state index in [1.165, 1.54) is 356 Å². The van der Waals surface area contributed by atoms with Crippen LogP contribution in [0.4, 0.5) is 0 Å². The van der Waals surface area contributed by atoms with Crippen molar-refractivity contribution in [1.29, 1.82) is 0 Å². The van der Waals surface area contributed by atoms with E-state index in [4.69, 9.17) is 14.2 Å². The first-order valence-corrected chi connectivity index (χ1v) is 55.9. The molecule has 0 aliphatic rings. The van der Waals surface area contributed by atoms with E-state index >= 15 is 0 Å². The molecule has 0 aliphatic heterocycles. The van der Waals surface area contributed by atoms with Gasteiger partial charge in [0.2, 0.25) is 0 Å². The monoisotopic (exact) mass is 1930 g/mol. The summed E-state index contributed by atoms with van der Waals surface area (Å²) in [5, 5.41) is 9.49. The number of fused-ring (bicyclic) bond motifs is 9. The number of unbranched alkanes of at least 4 members (excludes halogenated alkanes) is 19. The predicted octanol–water partition coefficient (Wildman–Crippen LogP) is 37.9. The van der Waals surface area contributed by atoms with Crippen molar-refractivity contribution >= 4 is 98.4 Å². The van der Waals surface area contributed by atoms with E-state index in [9.17, 15) is 0 Å². The highest BCUT2D eigenvalue weighted by atomic mass is 16.5. The van der Waals surface area contributed by atoms with Crippen molar-refractivity contribution in [2.45, 2.75) is 368 Å². The largest absolute Gasteiger partial charge is 0.494 e. The second kappa shape index (κ2) is 64.7. The first-order valence-electron chi connectivity index (χ1n) is 55.9. The summed E-state index contributed by atoms with van der Waals surface area (Å²) >= 11 is 0. The van der Waals surface area contributed by atoms with Crippen molar-refractivity contribution in [3.05, 3.63) is 292 Å². The quantitative estimate of drug-likeness (QED) is 0.0171. The zero-order valence-electron chi connectivity index (χ0n) is 90.8. The molecule has 0 saturated carbocycles. The lowest BCUT2D eigenvalue weighted by atomic mass is 10.1. The van der Waals surface area contributed by atoms with E-state index in [1.807, 2.05) is 26.0 Å². The fourth-order valence-corrected chi connectivity index (χ4v) is 19.1. The molecule has 11 aromatic heterocycles. The Balaban J connectivity index is 0.000000167. The lowest BCUT2D eigenvalue weighted by molar-refractivity contribution is 0.304. The fourth-order valence-electron chi connectivity index (χ4n) is 19.1. The molecule has 14 heteroatoms. The number of benzene rings is 7. The summed E-state index contributed by atoms with van der Waals surface area (Å²) in [6.45, 7) is 37.6. The van der Waals surface area contributed by atoms with Gasteiger partial charge < -0.3 is 59.1 Å². The molecule has 7 aromatic carbocycles. The number of hydrogen-bond donors (Lipinski definition) is 9. The van der Waals surface area contributed by atoms with Crippen LogP contribution in [0, 0.1) is 27.7 Å². The van der Waals surface area contributed by atoms with Gasteiger partial charge in [-0.3, -0.25) is 9.97 Å². The molecule has 0 unspecified atom stereocenters. The molecule has 11 heterocycles. The molecule has 0 bridgehead atoms. The van der Waals surface area contributed by atoms with Gasteiger partial charge in [0.25, 0.3) is 0 Å². The third kappa shape index (κ3) is 37.0. The van der Waals surface area contributed by atoms with Crippen LogP contribution in [0.5, 0.6) is 17.2 Å². The maximum Gasteiger partial charge on any atom is 0.120 e. The molecule has 0 atom stereocenters. The molecule has 0 aliphatic carbocycles. The van der Waals surface area contributed by atoms with Crippen LogP contribution in [0.25, 0.3) is 98.4 Å². The van der Waals surface area contributed by atoms with Gasteiger partial charge in [0.1, 0.15) is 17.2 Å². The minimum Gasteiger partial charge on any atom is -0.494 e. The Kier molecular flexibility index (Phi) is 51.1. The number of rotatable bonds is 46. The summed E-state index contributed by atoms with van der Waals surface area (Å²) in [4.78, 5) is 38.7. The van der Waals surface area contributed by atoms with Crippen LogP contribution in [0.1, 0.15) is 355 Å². The van der Waals surface area contributed by atoms with E-state index < -0.39 is 0 Å². The summed E-state index contributed by atoms with van der Waals surface area (Å²) in [5.41, 5.74) is 30.7. The molecule has 0 spiro atoms. The SMILES string of the molecule is CCCCCCCCCCCOc1ccc2[nH]cc(CCC)c2c1.CCCCCCCCCOc1ccc2[nH]cc(CCC)c2c1.CCCCCCCCOc1ccc2[nH]cc(CCC)c2c1.CCCc1c[nH]c2ccc(C)cc12.CCCc1c[nH]c2ccc(C)cc12.CCCc1c[nH]c2ccc(C)nc12.CCCc1c[nH]c2ccc(C)nc12.CCCc1c[nH]c2ccccc12.CCCc1c[nH]c2ccccc12. The Morgan fingerprint density at radius 3 is 0.671 bits per heavy atom. The molecule has 0 fully saturated rings. The highest BCUT2D eigenvalue weighted by Crippen LogP contribution is 2.32. The van der Waals surface area contributed by atoms with E-state index in [2.05, 4.69) is 359 Å². The maximum atomic E-state index is 5.96. The molecule has 768 valence electrons. The van der Waals surface area contributed by atoms with Gasteiger partial charge in [-0.2, -0.15) is 0 Å². The number of pyridine rings is 2. The van der Waals surface area contributed by atoms with Crippen LogP contribution in [0.15, 0.2) is 220 Å². The number of aryl methyl sites for hydroxylation is 13. The lowest BCUT2D eigenvalue weighted by Gasteiger charge is -2.07. The van der Waals surface area contributed by atoms with Crippen LogP contribution in [0.2, 0.25) is 0 Å². The average molecular weight is 1930 g/mol. The van der Waals surface area contributed by atoms with Gasteiger partial charge in [0.05, 0.1) is 41.9 Å². The number of nitrogens with zero attached hydrogens (tertiary/aromatic N) is 2. The second-order valence-corrected chi connectivity index (χ2v) is 39.3. The normalized spacial score (nSPS) is 11.0. The molecule has 0 saturated heterocycles. The van der Waals surface area contributed by atoms with E-state index in [0.717, 1.165) is 109 Å². The number of H-pyrrole nitrogens is 9. The van der Waals surface area contributed by atoms with Crippen molar-refractivity contribution in [2.24, 2.45) is 0 Å². The molecule has 143 heavy (non-hydrogen) atoms. The zero-order chi connectivity index (χ0) is 101. The Labute approximate surface area is 858 Å². The molecule has 14 nitrogen and oxygen atoms in total. The number of nitrogens with one attached hydrogen (secondary N) is 9. The van der Waals surface area contributed by atoms with Crippen molar-refractivity contribution in [3.63, 3.8) is 0 Å². The molecule has 0 radical (unpaired) electrons. The molecular formula is C129H179N11O3. The van der Waals surface area contributed by atoms with Crippen molar-refractivity contribution in [3.8, 4) is 17.2 Å². The van der Waals surface area contributed by atoms with E-state index in [0.29, 0.717) is 0 Å². The first kappa shape index (κ1) is 113. The average Bonchev–Trinajstić information content (AvgIpc) is 1.66. The molecule has 18 rings (SSSR count). The smallest absolute Gasteiger partial charge is 0.120 e. The summed E-state index contributed by atoms with van der Waals surface area (Å²) < 4.78 is 17.8. The number of aromatic nitrogens is 11. The van der Waals surface area contributed by atoms with Crippen molar-refractivity contribution in [2.75, 3.05) is 19.8 Å². The number of ether oxygens (including phenoxy) is 3. The predicted molar refractivity (Wildman–Crippen MR) is 620 cm³/mol. The Morgan fingerprint density at radius 2 is 0.399 bits per heavy atom. The molecule has 0 amide bonds. The first-order chi connectivity index (χ1) is 70.1. The topological polar surface area (TPSA) is 196 Å². The number of aromatic amines is 9. The fraction of sp³-hybridized carbons (Fsp3) is 0.457. The highest BCUT2D eigenvalue weighted by Gasteiger charge is 2.13. The van der Waals surface area contributed by atoms with Gasteiger partial charge in [0.15, 0.2) is 0 Å². The van der Waals surface area contributed by atoms with Gasteiger partial charge in [0, 0.05) is 143 Å². The van der Waals surface area contributed by atoms with Crippen LogP contribution in [0.3, 0.4) is 0 Å². The molecule has 9 N–H and O–H groups in total. The van der Waals surface area contributed by atoms with Crippen LogP contribution in [-0.4, -0.2) is 74.6 Å². The van der Waals surface area contributed by atoms with Crippen LogP contribution < -0.4 is 14.2 Å². The second-order valence-electron chi connectivity index (χ2n) is 39.3. The lowest BCUT2D eigenvalue weighted by Crippen LogP contribution is -1.97. The maximum absolute atomic E-state index is 5.96. The standard InChI is InChI=1S/C22H35NO.C20H31NO.C19H29NO.2C12H15N.2C11H14N2.2C11H13N/c1-3-5-6-7-8-9-10-11-12-16-24-20-14-15-22-21(17-20)19(13-4-2)18-23-22;1-3-5-6-7-8-9-10-14-22-18-12-13-20-19(15-18)17(11-4-2)16-21-20;1-3-5-6-7-8-9-13-21-17-11-12-19-18(14-17)16(10-4-2)15-20-19;2*1-3-4-10-8-13-12-6-5-9(2)7-11(10)12;2*1-3-4-9-7-12-10-6-5-8(2)13-11(9)10;2*1-2-5-9-8-12-11-7-4-3-6-10(9)11/h14-15,17-18,23H,3-13,16H2,1-2H3;12-13,15-16,21H,3-11,14H2,1-2H3;11-12,14-15,20H,3-10,13H2,1-2H3;2*5-8,13H,3-4H2,1-2H3;2*5-7,12H,3-4H2,1-2H3;2*3-4,6-8,12H,2,5H2,1H3. The molecular weight excluding hydrogens is 1750 g/mol. The van der Waals surface area contributed by atoms with Crippen LogP contribution in [-0.2, 0) is 57.8 Å². The van der Waals surface area contributed by atoms with Gasteiger partial charge in [-0.15, -0.1) is 0 Å². The van der Waals surface area contributed by atoms with Crippen LogP contribution >= 0.6 is 0 Å². The number of hydrogen-bond acceptors (Lipinski definition) is 5. The summed E-state index contributed by atoms with van der Waals surface area (Å²) in [5.74, 6) is 3.03. The van der Waals surface area contributed by atoms with Gasteiger partial charge in [-0.25, -0.2) is 0 Å². The van der Waals surface area contributed by atoms with E-state index in [-0.39, 0.29) is 0 Å². The third-order valence-corrected chi connectivity index (χ3v) is 26.9. The Morgan fingerprint density at radius 1 is 0.189 bits per heavy atom. The Bertz CT molecular complexity index is 6120. The minimum absolute atomic E-state index is 0.838. The van der Waals surface area contributed by atoms with Gasteiger partial charge in [-0.05, 0) is 270 Å². The summed E-state index contributed by atoms with van der Waals surface area (Å²) in [6, 6.07) is 57.5. The summed E-state index contributed by atoms with van der Waals surface area (Å²) in [6.07, 6.45) is 69.3. The van der Waals surface area contributed by atoms with Gasteiger partial charge in [-0.1, -0.05) is 323 Å². The summed E-state index contributed by atoms with van der Waals surface area (Å²) in [7, 11) is 0. The van der Waals surface area contributed by atoms with Gasteiger partial charge >= 0.3 is 0 Å².